The fraction of sp³-hybridized carbons (Fsp3) is 0.167. The summed E-state index contributed by atoms with van der Waals surface area (Å²) in [5, 5.41) is 16.3. The Morgan fingerprint density at radius 2 is 1.58 bits per heavy atom. The van der Waals surface area contributed by atoms with Gasteiger partial charge in [-0.2, -0.15) is 0 Å². The number of aliphatic carboxylic acids is 2. The van der Waals surface area contributed by atoms with Crippen LogP contribution in [0, 0.1) is 0 Å². The molecule has 0 aromatic heterocycles. The number of hydrogen-bond acceptors (Lipinski definition) is 3. The molecular weight excluding hydrogens is 175 g/mol. The first-order valence-corrected chi connectivity index (χ1v) is 2.64. The van der Waals surface area contributed by atoms with Gasteiger partial charge in [-0.25, -0.2) is 9.59 Å². The Morgan fingerprint density at radius 1 is 1.17 bits per heavy atom. The van der Waals surface area contributed by atoms with Gasteiger partial charge >= 0.3 is 41.5 Å². The third-order valence-electron chi connectivity index (χ3n) is 0.878. The van der Waals surface area contributed by atoms with Crippen molar-refractivity contribution < 1.29 is 24.6 Å². The van der Waals surface area contributed by atoms with E-state index in [2.05, 4.69) is 0 Å². The summed E-state index contributed by atoms with van der Waals surface area (Å²) in [5.41, 5.74) is -0.725. The van der Waals surface area contributed by atoms with Crippen molar-refractivity contribution in [3.63, 3.8) is 0 Å². The molecule has 6 heteroatoms. The Labute approximate surface area is 90.4 Å². The standard InChI is InChI=1S/C6H6O5.Na.H/c1-3(7)4(6(10)11)2-5(8)9;;/h2H,1H3,(H,8,9)(H,10,11);;/b4-2+;;. The van der Waals surface area contributed by atoms with Crippen LogP contribution in [0.25, 0.3) is 0 Å². The number of carbonyl (C=O) groups is 3. The number of carboxylic acids is 2. The van der Waals surface area contributed by atoms with Gasteiger partial charge in [-0.05, 0) is 6.92 Å². The summed E-state index contributed by atoms with van der Waals surface area (Å²) in [5.74, 6) is -3.75. The monoisotopic (exact) mass is 182 g/mol. The summed E-state index contributed by atoms with van der Waals surface area (Å²) in [6, 6.07) is 0. The Kier molecular flexibility index (Phi) is 6.88. The number of rotatable bonds is 3. The second-order valence-corrected chi connectivity index (χ2v) is 1.76. The Balaban J connectivity index is 0. The van der Waals surface area contributed by atoms with Gasteiger partial charge in [0.1, 0.15) is 5.57 Å². The second-order valence-electron chi connectivity index (χ2n) is 1.76. The molecule has 0 amide bonds. The van der Waals surface area contributed by atoms with Crippen LogP contribution in [0.15, 0.2) is 11.6 Å². The molecule has 2 N–H and O–H groups in total. The Hall–Kier alpha value is -0.650. The van der Waals surface area contributed by atoms with Crippen molar-refractivity contribution in [2.75, 3.05) is 0 Å². The van der Waals surface area contributed by atoms with Crippen molar-refractivity contribution in [1.82, 2.24) is 0 Å². The third-order valence-corrected chi connectivity index (χ3v) is 0.878. The van der Waals surface area contributed by atoms with Gasteiger partial charge in [-0.3, -0.25) is 4.79 Å². The molecule has 0 saturated carbocycles. The minimum absolute atomic E-state index is 0. The summed E-state index contributed by atoms with van der Waals surface area (Å²) in [6.45, 7) is 0.989. The van der Waals surface area contributed by atoms with Crippen LogP contribution in [0.4, 0.5) is 0 Å². The predicted octanol–water partition coefficient (Wildman–Crippen LogP) is -0.978. The molecule has 5 nitrogen and oxygen atoms in total. The fourth-order valence-corrected chi connectivity index (χ4v) is 0.437. The van der Waals surface area contributed by atoms with E-state index >= 15 is 0 Å². The molecule has 0 aliphatic heterocycles. The van der Waals surface area contributed by atoms with Gasteiger partial charge < -0.3 is 10.2 Å². The molecule has 0 aromatic carbocycles. The van der Waals surface area contributed by atoms with Crippen LogP contribution in [-0.4, -0.2) is 57.5 Å². The van der Waals surface area contributed by atoms with Gasteiger partial charge in [0, 0.05) is 6.08 Å². The maximum atomic E-state index is 10.4. The quantitative estimate of drug-likeness (QED) is 0.253. The van der Waals surface area contributed by atoms with Gasteiger partial charge in [-0.15, -0.1) is 0 Å². The molecule has 0 saturated heterocycles. The average molecular weight is 182 g/mol. The molecule has 0 radical (unpaired) electrons. The normalized spacial score (nSPS) is 9.92. The molecule has 0 fully saturated rings. The van der Waals surface area contributed by atoms with Crippen molar-refractivity contribution in [3.8, 4) is 0 Å². The first-order chi connectivity index (χ1) is 4.95. The molecular formula is C6H7NaO5. The Bertz CT molecular complexity index is 226. The van der Waals surface area contributed by atoms with Gasteiger partial charge in [0.15, 0.2) is 5.78 Å². The maximum absolute atomic E-state index is 10.4. The molecule has 0 spiro atoms. The average Bonchev–Trinajstić information content (AvgIpc) is 1.81. The van der Waals surface area contributed by atoms with Gasteiger partial charge in [0.2, 0.25) is 0 Å². The van der Waals surface area contributed by atoms with Crippen LogP contribution < -0.4 is 0 Å². The topological polar surface area (TPSA) is 91.7 Å². The second kappa shape index (κ2) is 5.93. The van der Waals surface area contributed by atoms with E-state index < -0.39 is 23.3 Å². The van der Waals surface area contributed by atoms with Crippen molar-refractivity contribution >= 4 is 47.3 Å². The molecule has 0 atom stereocenters. The van der Waals surface area contributed by atoms with Crippen LogP contribution in [0.2, 0.25) is 0 Å². The number of carboxylic acid groups (broad SMARTS) is 2. The minimum atomic E-state index is -1.53. The zero-order valence-corrected chi connectivity index (χ0v) is 5.70. The van der Waals surface area contributed by atoms with E-state index in [4.69, 9.17) is 10.2 Å². The van der Waals surface area contributed by atoms with E-state index in [1.165, 1.54) is 0 Å². The van der Waals surface area contributed by atoms with E-state index in [-0.39, 0.29) is 29.6 Å². The molecule has 0 aliphatic rings. The van der Waals surface area contributed by atoms with Crippen molar-refractivity contribution in [2.24, 2.45) is 0 Å². The van der Waals surface area contributed by atoms with Crippen molar-refractivity contribution in [2.45, 2.75) is 6.92 Å². The molecule has 0 aliphatic carbocycles. The number of Topliss-reactive ketones (excluding diaryl/α,β-unsaturated/α-hetero) is 1. The molecule has 0 aromatic rings. The van der Waals surface area contributed by atoms with E-state index in [1.807, 2.05) is 0 Å². The first-order valence-electron chi connectivity index (χ1n) is 2.64. The zero-order valence-electron chi connectivity index (χ0n) is 5.70. The van der Waals surface area contributed by atoms with Crippen LogP contribution in [-0.2, 0) is 14.4 Å². The molecule has 0 heterocycles. The summed E-state index contributed by atoms with van der Waals surface area (Å²) in [4.78, 5) is 30.5. The summed E-state index contributed by atoms with van der Waals surface area (Å²) < 4.78 is 0. The molecule has 62 valence electrons. The van der Waals surface area contributed by atoms with Crippen LogP contribution in [0.1, 0.15) is 6.92 Å². The molecule has 0 bridgehead atoms. The van der Waals surface area contributed by atoms with E-state index in [1.54, 1.807) is 0 Å². The van der Waals surface area contributed by atoms with Crippen LogP contribution in [0.5, 0.6) is 0 Å². The predicted molar refractivity (Wildman–Crippen MR) is 41.2 cm³/mol. The van der Waals surface area contributed by atoms with Crippen LogP contribution >= 0.6 is 0 Å². The third kappa shape index (κ3) is 5.06. The Morgan fingerprint density at radius 3 is 1.67 bits per heavy atom. The van der Waals surface area contributed by atoms with Gasteiger partial charge in [-0.1, -0.05) is 0 Å². The van der Waals surface area contributed by atoms with Gasteiger partial charge in [0.25, 0.3) is 0 Å². The first kappa shape index (κ1) is 13.9. The number of hydrogen-bond donors (Lipinski definition) is 2. The van der Waals surface area contributed by atoms with Crippen LogP contribution in [0.3, 0.4) is 0 Å². The fourth-order valence-electron chi connectivity index (χ4n) is 0.437. The molecule has 12 heavy (non-hydrogen) atoms. The van der Waals surface area contributed by atoms with Crippen molar-refractivity contribution in [1.29, 1.82) is 0 Å². The van der Waals surface area contributed by atoms with E-state index in [0.717, 1.165) is 6.92 Å². The number of ketones is 1. The summed E-state index contributed by atoms with van der Waals surface area (Å²) in [7, 11) is 0. The van der Waals surface area contributed by atoms with Gasteiger partial charge in [0.05, 0.1) is 0 Å². The summed E-state index contributed by atoms with van der Waals surface area (Å²) >= 11 is 0. The molecule has 0 unspecified atom stereocenters. The summed E-state index contributed by atoms with van der Waals surface area (Å²) in [6.07, 6.45) is 0.366. The number of carbonyl (C=O) groups excluding carboxylic acids is 1. The molecule has 0 rings (SSSR count). The van der Waals surface area contributed by atoms with Crippen molar-refractivity contribution in [3.05, 3.63) is 11.6 Å². The van der Waals surface area contributed by atoms with E-state index in [0.29, 0.717) is 6.08 Å². The zero-order chi connectivity index (χ0) is 9.02. The SMILES string of the molecule is CC(=O)/C(=C\C(=O)O)C(=O)O.[NaH]. The van der Waals surface area contributed by atoms with E-state index in [9.17, 15) is 14.4 Å².